The van der Waals surface area contributed by atoms with E-state index in [1.54, 1.807) is 13.0 Å². The number of hydrogen-bond donors (Lipinski definition) is 3. The highest BCUT2D eigenvalue weighted by Crippen LogP contribution is 2.31. The molecule has 1 heterocycles. The molecule has 1 fully saturated rings. The summed E-state index contributed by atoms with van der Waals surface area (Å²) in [4.78, 5) is 15.0. The zero-order valence-electron chi connectivity index (χ0n) is 18.4. The average molecular weight is 426 g/mol. The summed E-state index contributed by atoms with van der Waals surface area (Å²) in [6, 6.07) is 11.3. The number of nitrogens with two attached hydrogens (primary N) is 3. The van der Waals surface area contributed by atoms with Crippen LogP contribution in [-0.4, -0.2) is 38.9 Å². The molecule has 166 valence electrons. The third-order valence-electron chi connectivity index (χ3n) is 5.43. The first-order valence-corrected chi connectivity index (χ1v) is 10.3. The van der Waals surface area contributed by atoms with Gasteiger partial charge in [0.15, 0.2) is 5.70 Å². The van der Waals surface area contributed by atoms with Crippen LogP contribution in [0.15, 0.2) is 42.1 Å². The van der Waals surface area contributed by atoms with Crippen molar-refractivity contribution in [3.63, 3.8) is 0 Å². The topological polar surface area (TPSA) is 120 Å². The zero-order valence-corrected chi connectivity index (χ0v) is 18.4. The van der Waals surface area contributed by atoms with Crippen molar-refractivity contribution in [2.75, 3.05) is 48.6 Å². The molecule has 0 radical (unpaired) electrons. The Morgan fingerprint density at radius 3 is 2.45 bits per heavy atom. The lowest BCUT2D eigenvalue weighted by Gasteiger charge is -2.30. The smallest absolute Gasteiger partial charge is 0.358 e. The summed E-state index contributed by atoms with van der Waals surface area (Å²) in [6.45, 7) is 8.85. The Balaban J connectivity index is 2.01. The van der Waals surface area contributed by atoms with Crippen LogP contribution in [0.25, 0.3) is 5.70 Å². The Bertz CT molecular complexity index is 983. The van der Waals surface area contributed by atoms with Crippen LogP contribution in [-0.2, 0) is 14.3 Å². The lowest BCUT2D eigenvalue weighted by molar-refractivity contribution is -0.138. The molecule has 0 amide bonds. The van der Waals surface area contributed by atoms with Gasteiger partial charge >= 0.3 is 5.97 Å². The molecule has 8 heteroatoms. The molecule has 0 atom stereocenters. The highest BCUT2D eigenvalue weighted by atomic mass is 16.5. The van der Waals surface area contributed by atoms with Crippen molar-refractivity contribution in [2.24, 2.45) is 11.6 Å². The van der Waals surface area contributed by atoms with E-state index in [9.17, 15) is 4.79 Å². The van der Waals surface area contributed by atoms with Gasteiger partial charge in [0.25, 0.3) is 0 Å². The minimum Gasteiger partial charge on any atom is -0.461 e. The molecule has 2 aromatic rings. The van der Waals surface area contributed by atoms with E-state index in [1.165, 1.54) is 5.01 Å². The first-order chi connectivity index (χ1) is 14.8. The van der Waals surface area contributed by atoms with Gasteiger partial charge in [-0.2, -0.15) is 0 Å². The van der Waals surface area contributed by atoms with Gasteiger partial charge in [0, 0.05) is 24.3 Å². The van der Waals surface area contributed by atoms with Gasteiger partial charge in [0.1, 0.15) is 0 Å². The number of nitrogens with zero attached hydrogens (tertiary/aromatic N) is 2. The summed E-state index contributed by atoms with van der Waals surface area (Å²) in [5.41, 5.74) is 17.7. The molecule has 0 aromatic heterocycles. The number of aryl methyl sites for hydroxylation is 2. The molecular formula is C23H31N5O3. The lowest BCUT2D eigenvalue weighted by Crippen LogP contribution is -2.38. The fourth-order valence-electron chi connectivity index (χ4n) is 3.48. The van der Waals surface area contributed by atoms with Gasteiger partial charge in [-0.3, -0.25) is 5.01 Å². The highest BCUT2D eigenvalue weighted by Gasteiger charge is 2.25. The maximum absolute atomic E-state index is 12.8. The number of nitrogen functional groups attached to an aromatic ring is 1. The van der Waals surface area contributed by atoms with Gasteiger partial charge in [-0.15, -0.1) is 0 Å². The van der Waals surface area contributed by atoms with Crippen LogP contribution in [0, 0.1) is 13.8 Å². The number of carbonyl (C=O) groups is 1. The molecule has 31 heavy (non-hydrogen) atoms. The van der Waals surface area contributed by atoms with Crippen LogP contribution in [0.2, 0.25) is 0 Å². The van der Waals surface area contributed by atoms with Crippen LogP contribution >= 0.6 is 0 Å². The van der Waals surface area contributed by atoms with Gasteiger partial charge in [-0.25, -0.2) is 10.6 Å². The second-order valence-electron chi connectivity index (χ2n) is 7.49. The highest BCUT2D eigenvalue weighted by molar-refractivity contribution is 6.01. The van der Waals surface area contributed by atoms with Crippen molar-refractivity contribution in [2.45, 2.75) is 20.8 Å². The number of hydrazine groups is 1. The summed E-state index contributed by atoms with van der Waals surface area (Å²) >= 11 is 0. The van der Waals surface area contributed by atoms with Crippen molar-refractivity contribution in [1.82, 2.24) is 0 Å². The Kier molecular flexibility index (Phi) is 7.04. The third kappa shape index (κ3) is 4.92. The molecule has 0 saturated carbocycles. The van der Waals surface area contributed by atoms with Crippen molar-refractivity contribution in [1.29, 1.82) is 0 Å². The molecule has 0 aliphatic carbocycles. The molecule has 3 rings (SSSR count). The van der Waals surface area contributed by atoms with E-state index in [0.717, 1.165) is 29.9 Å². The second kappa shape index (κ2) is 9.72. The van der Waals surface area contributed by atoms with Crippen LogP contribution < -0.4 is 27.2 Å². The summed E-state index contributed by atoms with van der Waals surface area (Å²) in [5, 5.41) is 1.21. The van der Waals surface area contributed by atoms with E-state index in [0.29, 0.717) is 30.2 Å². The molecule has 0 bridgehead atoms. The monoisotopic (exact) mass is 425 g/mol. The van der Waals surface area contributed by atoms with Gasteiger partial charge < -0.3 is 25.8 Å². The summed E-state index contributed by atoms with van der Waals surface area (Å²) in [5.74, 6) is 5.77. The average Bonchev–Trinajstić information content (AvgIpc) is 2.76. The van der Waals surface area contributed by atoms with E-state index in [1.807, 2.05) is 44.2 Å². The molecule has 8 nitrogen and oxygen atoms in total. The standard InChI is InChI=1S/C23H31N5O3/c1-4-31-23(29)22(21(25)17-6-5-15(2)16(3)13-17)28(26)20-8-7-18(14-19(20)24)27-9-11-30-12-10-27/h5-8,13-14H,4,9-12,24-26H2,1-3H3/b22-21+. The predicted molar refractivity (Wildman–Crippen MR) is 124 cm³/mol. The first-order valence-electron chi connectivity index (χ1n) is 10.3. The van der Waals surface area contributed by atoms with Crippen LogP contribution in [0.1, 0.15) is 23.6 Å². The van der Waals surface area contributed by atoms with E-state index in [-0.39, 0.29) is 18.0 Å². The molecule has 2 aromatic carbocycles. The van der Waals surface area contributed by atoms with Crippen LogP contribution in [0.5, 0.6) is 0 Å². The zero-order chi connectivity index (χ0) is 22.5. The molecule has 1 saturated heterocycles. The van der Waals surface area contributed by atoms with Gasteiger partial charge in [-0.05, 0) is 56.2 Å². The minimum atomic E-state index is -0.614. The number of hydrogen-bond acceptors (Lipinski definition) is 8. The number of rotatable bonds is 6. The molecule has 0 spiro atoms. The van der Waals surface area contributed by atoms with Crippen molar-refractivity contribution in [3.8, 4) is 0 Å². The van der Waals surface area contributed by atoms with E-state index in [4.69, 9.17) is 26.8 Å². The number of esters is 1. The number of anilines is 3. The number of benzene rings is 2. The minimum absolute atomic E-state index is 0.0379. The van der Waals surface area contributed by atoms with E-state index < -0.39 is 5.97 Å². The Morgan fingerprint density at radius 1 is 1.13 bits per heavy atom. The van der Waals surface area contributed by atoms with Crippen LogP contribution in [0.3, 0.4) is 0 Å². The summed E-state index contributed by atoms with van der Waals surface area (Å²) in [6.07, 6.45) is 0. The van der Waals surface area contributed by atoms with Crippen molar-refractivity contribution >= 4 is 28.7 Å². The number of ether oxygens (including phenoxy) is 2. The Morgan fingerprint density at radius 2 is 1.84 bits per heavy atom. The summed E-state index contributed by atoms with van der Waals surface area (Å²) in [7, 11) is 0. The molecule has 0 unspecified atom stereocenters. The molecule has 1 aliphatic heterocycles. The Hall–Kier alpha value is -3.23. The third-order valence-corrected chi connectivity index (χ3v) is 5.43. The fourth-order valence-corrected chi connectivity index (χ4v) is 3.48. The number of morpholine rings is 1. The SMILES string of the molecule is CCOC(=O)/C(=C(\N)c1ccc(C)c(C)c1)N(N)c1ccc(N2CCOCC2)cc1N. The van der Waals surface area contributed by atoms with Crippen molar-refractivity contribution < 1.29 is 14.3 Å². The van der Waals surface area contributed by atoms with Crippen LogP contribution in [0.4, 0.5) is 17.1 Å². The van der Waals surface area contributed by atoms with Crippen molar-refractivity contribution in [3.05, 3.63) is 58.8 Å². The normalized spacial score (nSPS) is 14.8. The lowest BCUT2D eigenvalue weighted by atomic mass is 10.0. The largest absolute Gasteiger partial charge is 0.461 e. The quantitative estimate of drug-likeness (QED) is 0.212. The van der Waals surface area contributed by atoms with E-state index in [2.05, 4.69) is 4.90 Å². The fraction of sp³-hybridized carbons (Fsp3) is 0.348. The van der Waals surface area contributed by atoms with Gasteiger partial charge in [0.05, 0.1) is 36.9 Å². The maximum atomic E-state index is 12.8. The first kappa shape index (κ1) is 22.5. The summed E-state index contributed by atoms with van der Waals surface area (Å²) < 4.78 is 10.6. The second-order valence-corrected chi connectivity index (χ2v) is 7.49. The van der Waals surface area contributed by atoms with E-state index >= 15 is 0 Å². The van der Waals surface area contributed by atoms with Gasteiger partial charge in [0.2, 0.25) is 0 Å². The Labute approximate surface area is 183 Å². The molecular weight excluding hydrogens is 394 g/mol. The molecule has 1 aliphatic rings. The number of carbonyl (C=O) groups excluding carboxylic acids is 1. The predicted octanol–water partition coefficient (Wildman–Crippen LogP) is 2.29. The maximum Gasteiger partial charge on any atom is 0.358 e. The molecule has 6 N–H and O–H groups in total. The van der Waals surface area contributed by atoms with Gasteiger partial charge in [-0.1, -0.05) is 12.1 Å².